The predicted octanol–water partition coefficient (Wildman–Crippen LogP) is -0.120. The molecule has 72 valence electrons. The van der Waals surface area contributed by atoms with E-state index >= 15 is 0 Å². The highest BCUT2D eigenvalue weighted by Gasteiger charge is 2.44. The zero-order chi connectivity index (χ0) is 9.35. The molecule has 2 N–H and O–H groups in total. The molecular formula is C8H16O4. The maximum Gasteiger partial charge on any atom is 0.157 e. The molecule has 0 radical (unpaired) electrons. The van der Waals surface area contributed by atoms with Gasteiger partial charge in [-0.05, 0) is 13.8 Å². The third-order valence-corrected chi connectivity index (χ3v) is 2.49. The fourth-order valence-corrected chi connectivity index (χ4v) is 1.54. The molecule has 4 nitrogen and oxygen atoms in total. The molecule has 1 aliphatic rings. The van der Waals surface area contributed by atoms with Gasteiger partial charge in [0.05, 0.1) is 11.7 Å². The molecule has 12 heavy (non-hydrogen) atoms. The predicted molar refractivity (Wildman–Crippen MR) is 42.6 cm³/mol. The molecule has 1 heterocycles. The average Bonchev–Trinajstić information content (AvgIpc) is 2.00. The van der Waals surface area contributed by atoms with Crippen LogP contribution in [0, 0.1) is 0 Å². The summed E-state index contributed by atoms with van der Waals surface area (Å²) in [5.74, 6) is 0. The molecule has 0 bridgehead atoms. The van der Waals surface area contributed by atoms with Crippen LogP contribution in [0.15, 0.2) is 0 Å². The molecule has 1 saturated heterocycles. The van der Waals surface area contributed by atoms with Gasteiger partial charge in [0.15, 0.2) is 6.29 Å². The van der Waals surface area contributed by atoms with Gasteiger partial charge in [-0.1, -0.05) is 0 Å². The van der Waals surface area contributed by atoms with E-state index in [1.54, 1.807) is 13.8 Å². The number of aliphatic hydroxyl groups is 2. The first-order chi connectivity index (χ1) is 5.49. The number of aliphatic hydroxyl groups excluding tert-OH is 2. The van der Waals surface area contributed by atoms with E-state index in [-0.39, 0.29) is 0 Å². The Morgan fingerprint density at radius 1 is 1.50 bits per heavy atom. The van der Waals surface area contributed by atoms with Gasteiger partial charge < -0.3 is 19.7 Å². The summed E-state index contributed by atoms with van der Waals surface area (Å²) in [4.78, 5) is 0. The molecule has 1 rings (SSSR count). The van der Waals surface area contributed by atoms with Crippen LogP contribution in [0.3, 0.4) is 0 Å². The molecule has 1 fully saturated rings. The second kappa shape index (κ2) is 3.30. The van der Waals surface area contributed by atoms with Crippen molar-refractivity contribution in [3.63, 3.8) is 0 Å². The Kier molecular flexibility index (Phi) is 2.73. The van der Waals surface area contributed by atoms with Crippen molar-refractivity contribution in [1.29, 1.82) is 0 Å². The van der Waals surface area contributed by atoms with Crippen LogP contribution in [0.4, 0.5) is 0 Å². The van der Waals surface area contributed by atoms with Crippen molar-refractivity contribution in [2.24, 2.45) is 0 Å². The molecule has 0 saturated carbocycles. The summed E-state index contributed by atoms with van der Waals surface area (Å²) in [6.07, 6.45) is -1.62. The average molecular weight is 176 g/mol. The Hall–Kier alpha value is -0.160. The van der Waals surface area contributed by atoms with Gasteiger partial charge in [-0.3, -0.25) is 0 Å². The van der Waals surface area contributed by atoms with Crippen LogP contribution < -0.4 is 0 Å². The molecule has 4 heteroatoms. The summed E-state index contributed by atoms with van der Waals surface area (Å²) in [5.41, 5.74) is -0.697. The monoisotopic (exact) mass is 176 g/mol. The molecule has 0 amide bonds. The van der Waals surface area contributed by atoms with Gasteiger partial charge in [-0.25, -0.2) is 0 Å². The number of hydrogen-bond donors (Lipinski definition) is 2. The molecule has 4 atom stereocenters. The molecule has 1 aliphatic heterocycles. The van der Waals surface area contributed by atoms with Crippen molar-refractivity contribution in [1.82, 2.24) is 0 Å². The molecule has 0 aromatic rings. The molecule has 3 unspecified atom stereocenters. The summed E-state index contributed by atoms with van der Waals surface area (Å²) >= 11 is 0. The highest BCUT2D eigenvalue weighted by atomic mass is 16.6. The number of ether oxygens (including phenoxy) is 2. The quantitative estimate of drug-likeness (QED) is 0.584. The maximum absolute atomic E-state index is 9.65. The van der Waals surface area contributed by atoms with E-state index in [0.29, 0.717) is 6.42 Å². The van der Waals surface area contributed by atoms with Gasteiger partial charge >= 0.3 is 0 Å². The summed E-state index contributed by atoms with van der Waals surface area (Å²) in [7, 11) is 1.52. The molecule has 0 aromatic carbocycles. The van der Waals surface area contributed by atoms with Crippen molar-refractivity contribution in [2.75, 3.05) is 7.11 Å². The zero-order valence-electron chi connectivity index (χ0n) is 7.65. The van der Waals surface area contributed by atoms with Crippen molar-refractivity contribution in [3.05, 3.63) is 0 Å². The third-order valence-electron chi connectivity index (χ3n) is 2.49. The van der Waals surface area contributed by atoms with Crippen LogP contribution in [-0.2, 0) is 9.47 Å². The highest BCUT2D eigenvalue weighted by molar-refractivity contribution is 4.91. The van der Waals surface area contributed by atoms with Gasteiger partial charge in [0.2, 0.25) is 0 Å². The first kappa shape index (κ1) is 9.92. The minimum absolute atomic E-state index is 0.301. The first-order valence-electron chi connectivity index (χ1n) is 4.06. The van der Waals surface area contributed by atoms with Crippen LogP contribution in [0.25, 0.3) is 0 Å². The normalized spacial score (nSPS) is 49.2. The van der Waals surface area contributed by atoms with Crippen LogP contribution in [0.5, 0.6) is 0 Å². The Balaban J connectivity index is 2.72. The van der Waals surface area contributed by atoms with Crippen LogP contribution in [0.2, 0.25) is 0 Å². The van der Waals surface area contributed by atoms with Crippen LogP contribution in [0.1, 0.15) is 20.3 Å². The Morgan fingerprint density at radius 3 is 2.58 bits per heavy atom. The van der Waals surface area contributed by atoms with Crippen molar-refractivity contribution < 1.29 is 19.7 Å². The highest BCUT2D eigenvalue weighted by Crippen LogP contribution is 2.30. The third kappa shape index (κ3) is 1.61. The summed E-state index contributed by atoms with van der Waals surface area (Å²) in [5, 5.41) is 18.9. The lowest BCUT2D eigenvalue weighted by atomic mass is 9.89. The lowest BCUT2D eigenvalue weighted by Gasteiger charge is -2.42. The maximum atomic E-state index is 9.65. The SMILES string of the molecule is COC1(C)CC(O)O[C@@H](C)C1O. The van der Waals surface area contributed by atoms with Crippen molar-refractivity contribution >= 4 is 0 Å². The van der Waals surface area contributed by atoms with E-state index in [0.717, 1.165) is 0 Å². The first-order valence-corrected chi connectivity index (χ1v) is 4.06. The molecule has 0 aromatic heterocycles. The Morgan fingerprint density at radius 2 is 2.08 bits per heavy atom. The van der Waals surface area contributed by atoms with Gasteiger partial charge in [-0.2, -0.15) is 0 Å². The number of hydrogen-bond acceptors (Lipinski definition) is 4. The van der Waals surface area contributed by atoms with E-state index in [9.17, 15) is 10.2 Å². The van der Waals surface area contributed by atoms with Crippen molar-refractivity contribution in [2.45, 2.75) is 44.4 Å². The van der Waals surface area contributed by atoms with Gasteiger partial charge in [-0.15, -0.1) is 0 Å². The van der Waals surface area contributed by atoms with Crippen LogP contribution in [-0.4, -0.2) is 41.4 Å². The fraction of sp³-hybridized carbons (Fsp3) is 1.00. The number of methoxy groups -OCH3 is 1. The van der Waals surface area contributed by atoms with Crippen molar-refractivity contribution in [3.8, 4) is 0 Å². The summed E-state index contributed by atoms with van der Waals surface area (Å²) < 4.78 is 10.2. The van der Waals surface area contributed by atoms with Gasteiger partial charge in [0.1, 0.15) is 6.10 Å². The minimum Gasteiger partial charge on any atom is -0.387 e. The second-order valence-electron chi connectivity index (χ2n) is 3.46. The second-order valence-corrected chi connectivity index (χ2v) is 3.46. The van der Waals surface area contributed by atoms with E-state index < -0.39 is 24.1 Å². The van der Waals surface area contributed by atoms with E-state index in [2.05, 4.69) is 0 Å². The minimum atomic E-state index is -0.839. The number of rotatable bonds is 1. The lowest BCUT2D eigenvalue weighted by Crippen LogP contribution is -2.55. The zero-order valence-corrected chi connectivity index (χ0v) is 7.65. The van der Waals surface area contributed by atoms with Gasteiger partial charge in [0, 0.05) is 13.5 Å². The Labute approximate surface area is 72.1 Å². The van der Waals surface area contributed by atoms with Crippen LogP contribution >= 0.6 is 0 Å². The lowest BCUT2D eigenvalue weighted by molar-refractivity contribution is -0.263. The largest absolute Gasteiger partial charge is 0.387 e. The summed E-state index contributed by atoms with van der Waals surface area (Å²) in [6.45, 7) is 3.48. The van der Waals surface area contributed by atoms with E-state index in [1.807, 2.05) is 0 Å². The smallest absolute Gasteiger partial charge is 0.157 e. The fourth-order valence-electron chi connectivity index (χ4n) is 1.54. The van der Waals surface area contributed by atoms with Gasteiger partial charge in [0.25, 0.3) is 0 Å². The standard InChI is InChI=1S/C8H16O4/c1-5-7(10)8(2,11-3)4-6(9)12-5/h5-7,9-10H,4H2,1-3H3/t5-,6?,7?,8?/m0/s1. The molecule has 0 spiro atoms. The molecular weight excluding hydrogens is 160 g/mol. The van der Waals surface area contributed by atoms with E-state index in [4.69, 9.17) is 9.47 Å². The Bertz CT molecular complexity index is 161. The molecule has 0 aliphatic carbocycles. The summed E-state index contributed by atoms with van der Waals surface area (Å²) in [6, 6.07) is 0. The van der Waals surface area contributed by atoms with E-state index in [1.165, 1.54) is 7.11 Å². The topological polar surface area (TPSA) is 58.9 Å².